The number of fused-ring (bicyclic) bond motifs is 1. The molecule has 2 aromatic heterocycles. The van der Waals surface area contributed by atoms with E-state index in [0.29, 0.717) is 12.4 Å². The maximum atomic E-state index is 11.0. The predicted molar refractivity (Wildman–Crippen MR) is 83.5 cm³/mol. The molecule has 0 aliphatic carbocycles. The lowest BCUT2D eigenvalue weighted by atomic mass is 10.3. The number of primary amides is 1. The molecular weight excluding hydrogens is 280 g/mol. The Morgan fingerprint density at radius 2 is 2.09 bits per heavy atom. The fourth-order valence-corrected chi connectivity index (χ4v) is 2.17. The van der Waals surface area contributed by atoms with Crippen LogP contribution in [0.15, 0.2) is 36.7 Å². The molecule has 7 nitrogen and oxygen atoms in total. The number of nitrogens with two attached hydrogens (primary N) is 1. The standard InChI is InChI=1S/C15H16N6O/c16-15(22)12-8-17-9-14(21-12)18-7-3-6-13-19-10-4-1-2-5-11(10)20-13/h1-2,4-5,8-9H,3,6-7H2,(H2,16,22)(H,18,21)(H,19,20). The van der Waals surface area contributed by atoms with Gasteiger partial charge in [-0.2, -0.15) is 0 Å². The number of carbonyl (C=O) groups excluding carboxylic acids is 1. The van der Waals surface area contributed by atoms with Gasteiger partial charge < -0.3 is 16.0 Å². The second-order valence-electron chi connectivity index (χ2n) is 4.88. The molecule has 0 bridgehead atoms. The van der Waals surface area contributed by atoms with Crippen molar-refractivity contribution in [3.05, 3.63) is 48.2 Å². The van der Waals surface area contributed by atoms with Crippen LogP contribution >= 0.6 is 0 Å². The van der Waals surface area contributed by atoms with E-state index in [-0.39, 0.29) is 5.69 Å². The smallest absolute Gasteiger partial charge is 0.268 e. The second kappa shape index (κ2) is 6.21. The average Bonchev–Trinajstić information content (AvgIpc) is 2.94. The molecule has 7 heteroatoms. The maximum absolute atomic E-state index is 11.0. The van der Waals surface area contributed by atoms with E-state index in [2.05, 4.69) is 25.3 Å². The van der Waals surface area contributed by atoms with Gasteiger partial charge in [-0.15, -0.1) is 0 Å². The van der Waals surface area contributed by atoms with Crippen molar-refractivity contribution in [1.82, 2.24) is 19.9 Å². The van der Waals surface area contributed by atoms with Crippen molar-refractivity contribution in [3.8, 4) is 0 Å². The van der Waals surface area contributed by atoms with Crippen molar-refractivity contribution in [3.63, 3.8) is 0 Å². The Labute approximate surface area is 127 Å². The molecule has 22 heavy (non-hydrogen) atoms. The van der Waals surface area contributed by atoms with Gasteiger partial charge >= 0.3 is 0 Å². The van der Waals surface area contributed by atoms with Gasteiger partial charge in [-0.05, 0) is 18.6 Å². The number of aryl methyl sites for hydroxylation is 1. The lowest BCUT2D eigenvalue weighted by Crippen LogP contribution is -2.15. The van der Waals surface area contributed by atoms with Crippen LogP contribution in [0.5, 0.6) is 0 Å². The Bertz CT molecular complexity index is 764. The van der Waals surface area contributed by atoms with Gasteiger partial charge in [-0.3, -0.25) is 9.78 Å². The van der Waals surface area contributed by atoms with Crippen molar-refractivity contribution in [2.24, 2.45) is 5.73 Å². The monoisotopic (exact) mass is 296 g/mol. The van der Waals surface area contributed by atoms with E-state index in [4.69, 9.17) is 5.73 Å². The quantitative estimate of drug-likeness (QED) is 0.597. The maximum Gasteiger partial charge on any atom is 0.268 e. The fourth-order valence-electron chi connectivity index (χ4n) is 2.17. The van der Waals surface area contributed by atoms with Crippen LogP contribution < -0.4 is 11.1 Å². The topological polar surface area (TPSA) is 110 Å². The highest BCUT2D eigenvalue weighted by Crippen LogP contribution is 2.11. The minimum Gasteiger partial charge on any atom is -0.369 e. The average molecular weight is 296 g/mol. The Balaban J connectivity index is 1.53. The molecule has 0 fully saturated rings. The number of carbonyl (C=O) groups is 1. The van der Waals surface area contributed by atoms with Gasteiger partial charge in [0.05, 0.1) is 23.4 Å². The molecule has 3 aromatic rings. The number of nitrogens with one attached hydrogen (secondary N) is 2. The van der Waals surface area contributed by atoms with E-state index >= 15 is 0 Å². The first-order valence-corrected chi connectivity index (χ1v) is 7.02. The van der Waals surface area contributed by atoms with Gasteiger partial charge in [0.15, 0.2) is 0 Å². The van der Waals surface area contributed by atoms with Crippen LogP contribution in [0.1, 0.15) is 22.7 Å². The minimum atomic E-state index is -0.585. The summed E-state index contributed by atoms with van der Waals surface area (Å²) in [6, 6.07) is 7.95. The number of nitrogens with zero attached hydrogens (tertiary/aromatic N) is 3. The van der Waals surface area contributed by atoms with Crippen molar-refractivity contribution < 1.29 is 4.79 Å². The van der Waals surface area contributed by atoms with Gasteiger partial charge in [0, 0.05) is 13.0 Å². The number of hydrogen-bond acceptors (Lipinski definition) is 5. The number of rotatable bonds is 6. The van der Waals surface area contributed by atoms with E-state index in [1.54, 1.807) is 6.20 Å². The zero-order valence-corrected chi connectivity index (χ0v) is 11.9. The largest absolute Gasteiger partial charge is 0.369 e. The highest BCUT2D eigenvalue weighted by atomic mass is 16.1. The van der Waals surface area contributed by atoms with Gasteiger partial charge in [0.25, 0.3) is 5.91 Å². The number of amides is 1. The van der Waals surface area contributed by atoms with Crippen molar-refractivity contribution in [2.45, 2.75) is 12.8 Å². The van der Waals surface area contributed by atoms with E-state index in [1.807, 2.05) is 24.3 Å². The number of hydrogen-bond donors (Lipinski definition) is 3. The van der Waals surface area contributed by atoms with E-state index in [1.165, 1.54) is 6.20 Å². The molecule has 112 valence electrons. The van der Waals surface area contributed by atoms with Crippen LogP contribution in [0.2, 0.25) is 0 Å². The zero-order chi connectivity index (χ0) is 15.4. The number of aromatic amines is 1. The molecule has 1 aromatic carbocycles. The first kappa shape index (κ1) is 14.0. The Morgan fingerprint density at radius 1 is 1.23 bits per heavy atom. The Morgan fingerprint density at radius 3 is 2.91 bits per heavy atom. The van der Waals surface area contributed by atoms with Crippen LogP contribution in [0.25, 0.3) is 11.0 Å². The van der Waals surface area contributed by atoms with Gasteiger partial charge in [-0.1, -0.05) is 12.1 Å². The summed E-state index contributed by atoms with van der Waals surface area (Å²) >= 11 is 0. The van der Waals surface area contributed by atoms with Crippen LogP contribution in [0.4, 0.5) is 5.82 Å². The molecule has 0 saturated heterocycles. The lowest BCUT2D eigenvalue weighted by Gasteiger charge is -2.04. The lowest BCUT2D eigenvalue weighted by molar-refractivity contribution is 0.0995. The molecular formula is C15H16N6O. The summed E-state index contributed by atoms with van der Waals surface area (Å²) in [7, 11) is 0. The molecule has 4 N–H and O–H groups in total. The van der Waals surface area contributed by atoms with Crippen LogP contribution in [0, 0.1) is 0 Å². The third kappa shape index (κ3) is 3.20. The first-order valence-electron chi connectivity index (χ1n) is 7.02. The summed E-state index contributed by atoms with van der Waals surface area (Å²) in [5.41, 5.74) is 7.35. The molecule has 0 aliphatic rings. The SMILES string of the molecule is NC(=O)c1cncc(NCCCc2nc3ccccc3[nH]2)n1. The summed E-state index contributed by atoms with van der Waals surface area (Å²) in [6.45, 7) is 0.702. The molecule has 0 atom stereocenters. The predicted octanol–water partition coefficient (Wildman–Crippen LogP) is 1.50. The zero-order valence-electron chi connectivity index (χ0n) is 11.9. The van der Waals surface area contributed by atoms with Gasteiger partial charge in [0.2, 0.25) is 0 Å². The molecule has 1 amide bonds. The van der Waals surface area contributed by atoms with Crippen molar-refractivity contribution >= 4 is 22.8 Å². The van der Waals surface area contributed by atoms with E-state index < -0.39 is 5.91 Å². The summed E-state index contributed by atoms with van der Waals surface area (Å²) in [4.78, 5) is 26.9. The number of H-pyrrole nitrogens is 1. The second-order valence-corrected chi connectivity index (χ2v) is 4.88. The minimum absolute atomic E-state index is 0.155. The highest BCUT2D eigenvalue weighted by molar-refractivity contribution is 5.90. The summed E-state index contributed by atoms with van der Waals surface area (Å²) < 4.78 is 0. The van der Waals surface area contributed by atoms with Crippen molar-refractivity contribution in [1.29, 1.82) is 0 Å². The summed E-state index contributed by atoms with van der Waals surface area (Å²) in [5.74, 6) is 0.916. The van der Waals surface area contributed by atoms with Crippen LogP contribution in [-0.4, -0.2) is 32.4 Å². The molecule has 0 spiro atoms. The molecule has 0 unspecified atom stereocenters. The fraction of sp³-hybridized carbons (Fsp3) is 0.200. The molecule has 0 saturated carbocycles. The molecule has 0 radical (unpaired) electrons. The normalized spacial score (nSPS) is 10.7. The summed E-state index contributed by atoms with van der Waals surface area (Å²) in [5, 5.41) is 3.12. The molecule has 2 heterocycles. The van der Waals surface area contributed by atoms with Crippen LogP contribution in [-0.2, 0) is 6.42 Å². The van der Waals surface area contributed by atoms with Gasteiger partial charge in [0.1, 0.15) is 17.3 Å². The number of benzene rings is 1. The number of para-hydroxylation sites is 2. The summed E-state index contributed by atoms with van der Waals surface area (Å²) in [6.07, 6.45) is 4.61. The Kier molecular flexibility index (Phi) is 3.95. The van der Waals surface area contributed by atoms with Gasteiger partial charge in [-0.25, -0.2) is 9.97 Å². The first-order chi connectivity index (χ1) is 10.7. The third-order valence-electron chi connectivity index (χ3n) is 3.22. The molecule has 3 rings (SSSR count). The van der Waals surface area contributed by atoms with Crippen molar-refractivity contribution in [2.75, 3.05) is 11.9 Å². The number of anilines is 1. The Hall–Kier alpha value is -2.96. The highest BCUT2D eigenvalue weighted by Gasteiger charge is 2.04. The van der Waals surface area contributed by atoms with E-state index in [0.717, 1.165) is 29.7 Å². The van der Waals surface area contributed by atoms with E-state index in [9.17, 15) is 4.79 Å². The number of imidazole rings is 1. The molecule has 0 aliphatic heterocycles. The number of aromatic nitrogens is 4. The van der Waals surface area contributed by atoms with Crippen LogP contribution in [0.3, 0.4) is 0 Å². The third-order valence-corrected chi connectivity index (χ3v) is 3.22.